The van der Waals surface area contributed by atoms with Crippen molar-refractivity contribution < 1.29 is 9.52 Å². The first-order valence-corrected chi connectivity index (χ1v) is 4.97. The number of aromatic hydroxyl groups is 1. The zero-order valence-electron chi connectivity index (χ0n) is 9.23. The molecule has 0 aromatic carbocycles. The van der Waals surface area contributed by atoms with Crippen LogP contribution < -0.4 is 5.63 Å². The first-order valence-electron chi connectivity index (χ1n) is 4.97. The van der Waals surface area contributed by atoms with Crippen LogP contribution in [0.1, 0.15) is 23.8 Å². The molecular weight excluding hydrogens is 210 g/mol. The highest BCUT2D eigenvalue weighted by molar-refractivity contribution is 5.39. The molecule has 86 valence electrons. The maximum Gasteiger partial charge on any atom is 0.342 e. The van der Waals surface area contributed by atoms with E-state index in [2.05, 4.69) is 10.0 Å². The van der Waals surface area contributed by atoms with Gasteiger partial charge in [-0.3, -0.25) is 0 Å². The lowest BCUT2D eigenvalue weighted by Crippen LogP contribution is -2.12. The zero-order chi connectivity index (χ0) is 12.1. The van der Waals surface area contributed by atoms with Crippen LogP contribution in [0.3, 0.4) is 0 Å². The lowest BCUT2D eigenvalue weighted by molar-refractivity contribution is 0.408. The van der Waals surface area contributed by atoms with Gasteiger partial charge in [0.15, 0.2) is 0 Å². The Labute approximate surface area is 92.2 Å². The predicted octanol–water partition coefficient (Wildman–Crippen LogP) is 2.07. The summed E-state index contributed by atoms with van der Waals surface area (Å²) in [4.78, 5) is 14.1. The smallest absolute Gasteiger partial charge is 0.342 e. The van der Waals surface area contributed by atoms with Gasteiger partial charge in [0.2, 0.25) is 0 Å². The van der Waals surface area contributed by atoms with Crippen LogP contribution >= 0.6 is 0 Å². The Hall–Kier alpha value is -1.94. The quantitative estimate of drug-likeness (QED) is 0.480. The van der Waals surface area contributed by atoms with Crippen molar-refractivity contribution in [2.45, 2.75) is 26.7 Å². The molecule has 0 aliphatic heterocycles. The van der Waals surface area contributed by atoms with Crippen LogP contribution in [0.25, 0.3) is 10.4 Å². The van der Waals surface area contributed by atoms with E-state index in [1.54, 1.807) is 6.92 Å². The first kappa shape index (κ1) is 12.1. The van der Waals surface area contributed by atoms with Gasteiger partial charge in [0.1, 0.15) is 11.5 Å². The summed E-state index contributed by atoms with van der Waals surface area (Å²) in [5, 5.41) is 13.1. The molecule has 1 aromatic heterocycles. The van der Waals surface area contributed by atoms with Crippen molar-refractivity contribution in [1.82, 2.24) is 0 Å². The van der Waals surface area contributed by atoms with E-state index in [0.717, 1.165) is 0 Å². The summed E-state index contributed by atoms with van der Waals surface area (Å²) in [6, 6.07) is 0. The van der Waals surface area contributed by atoms with E-state index >= 15 is 0 Å². The second kappa shape index (κ2) is 5.23. The standard InChI is InChI=1S/C10H13N3O3/c1-3-8-6(2)9(14)7(10(15)16-8)4-5-12-13-11/h14H,3-5H2,1-2H3. The molecule has 0 bridgehead atoms. The van der Waals surface area contributed by atoms with Crippen molar-refractivity contribution in [1.29, 1.82) is 0 Å². The molecule has 0 unspecified atom stereocenters. The summed E-state index contributed by atoms with van der Waals surface area (Å²) >= 11 is 0. The van der Waals surface area contributed by atoms with Crippen molar-refractivity contribution in [2.24, 2.45) is 5.11 Å². The van der Waals surface area contributed by atoms with Crippen LogP contribution in [-0.2, 0) is 12.8 Å². The summed E-state index contributed by atoms with van der Waals surface area (Å²) in [6.07, 6.45) is 0.730. The fourth-order valence-electron chi connectivity index (χ4n) is 1.47. The van der Waals surface area contributed by atoms with Gasteiger partial charge in [0.05, 0.1) is 5.56 Å². The van der Waals surface area contributed by atoms with Crippen LogP contribution in [0, 0.1) is 6.92 Å². The molecule has 1 heterocycles. The molecule has 0 atom stereocenters. The van der Waals surface area contributed by atoms with E-state index in [0.29, 0.717) is 17.7 Å². The number of aryl methyl sites for hydroxylation is 1. The van der Waals surface area contributed by atoms with E-state index < -0.39 is 5.63 Å². The Balaban J connectivity index is 3.15. The van der Waals surface area contributed by atoms with E-state index in [1.165, 1.54) is 0 Å². The lowest BCUT2D eigenvalue weighted by Gasteiger charge is -2.07. The Morgan fingerprint density at radius 1 is 1.56 bits per heavy atom. The fraction of sp³-hybridized carbons (Fsp3) is 0.500. The van der Waals surface area contributed by atoms with Crippen LogP contribution in [0.5, 0.6) is 5.75 Å². The van der Waals surface area contributed by atoms with Gasteiger partial charge >= 0.3 is 5.63 Å². The van der Waals surface area contributed by atoms with Crippen molar-refractivity contribution in [3.05, 3.63) is 37.8 Å². The SMILES string of the molecule is CCc1oc(=O)c(CCN=[N+]=[N-])c(O)c1C. The lowest BCUT2D eigenvalue weighted by atomic mass is 10.1. The molecule has 0 amide bonds. The van der Waals surface area contributed by atoms with Gasteiger partial charge < -0.3 is 9.52 Å². The molecule has 16 heavy (non-hydrogen) atoms. The van der Waals surface area contributed by atoms with Gasteiger partial charge in [-0.1, -0.05) is 12.0 Å². The largest absolute Gasteiger partial charge is 0.507 e. The Kier molecular flexibility index (Phi) is 3.96. The predicted molar refractivity (Wildman–Crippen MR) is 58.5 cm³/mol. The summed E-state index contributed by atoms with van der Waals surface area (Å²) in [5.74, 6) is 0.427. The maximum absolute atomic E-state index is 11.5. The van der Waals surface area contributed by atoms with Gasteiger partial charge in [-0.25, -0.2) is 4.79 Å². The Morgan fingerprint density at radius 2 is 2.25 bits per heavy atom. The minimum Gasteiger partial charge on any atom is -0.507 e. The average molecular weight is 223 g/mol. The van der Waals surface area contributed by atoms with Crippen molar-refractivity contribution in [2.75, 3.05) is 6.54 Å². The minimum atomic E-state index is -0.562. The third-order valence-electron chi connectivity index (χ3n) is 2.37. The van der Waals surface area contributed by atoms with E-state index in [-0.39, 0.29) is 24.3 Å². The first-order chi connectivity index (χ1) is 7.61. The number of nitrogens with zero attached hydrogens (tertiary/aromatic N) is 3. The van der Waals surface area contributed by atoms with E-state index in [4.69, 9.17) is 9.95 Å². The van der Waals surface area contributed by atoms with Crippen LogP contribution in [0.4, 0.5) is 0 Å². The number of hydrogen-bond donors (Lipinski definition) is 1. The minimum absolute atomic E-state index is 0.0544. The highest BCUT2D eigenvalue weighted by Crippen LogP contribution is 2.22. The molecule has 0 saturated heterocycles. The van der Waals surface area contributed by atoms with Crippen molar-refractivity contribution in [3.8, 4) is 5.75 Å². The third-order valence-corrected chi connectivity index (χ3v) is 2.37. The molecule has 1 aromatic rings. The molecule has 0 aliphatic carbocycles. The highest BCUT2D eigenvalue weighted by atomic mass is 16.4. The van der Waals surface area contributed by atoms with Gasteiger partial charge in [0, 0.05) is 23.4 Å². The Bertz CT molecular complexity index is 487. The van der Waals surface area contributed by atoms with Crippen LogP contribution in [0.15, 0.2) is 14.3 Å². The van der Waals surface area contributed by atoms with Crippen molar-refractivity contribution >= 4 is 0 Å². The molecule has 0 radical (unpaired) electrons. The third kappa shape index (κ3) is 2.35. The summed E-state index contributed by atoms with van der Waals surface area (Å²) in [7, 11) is 0. The normalized spacial score (nSPS) is 9.88. The zero-order valence-corrected chi connectivity index (χ0v) is 9.23. The molecule has 0 aliphatic rings. The van der Waals surface area contributed by atoms with Gasteiger partial charge in [-0.2, -0.15) is 0 Å². The van der Waals surface area contributed by atoms with Gasteiger partial charge in [0.25, 0.3) is 0 Å². The molecule has 0 saturated carbocycles. The monoisotopic (exact) mass is 223 g/mol. The van der Waals surface area contributed by atoms with Crippen LogP contribution in [-0.4, -0.2) is 11.7 Å². The van der Waals surface area contributed by atoms with Crippen molar-refractivity contribution in [3.63, 3.8) is 0 Å². The molecule has 0 spiro atoms. The number of hydrogen-bond acceptors (Lipinski definition) is 4. The molecular formula is C10H13N3O3. The second-order valence-corrected chi connectivity index (χ2v) is 3.32. The number of rotatable bonds is 4. The summed E-state index contributed by atoms with van der Waals surface area (Å²) < 4.78 is 5.05. The fourth-order valence-corrected chi connectivity index (χ4v) is 1.47. The topological polar surface area (TPSA) is 99.2 Å². The summed E-state index contributed by atoms with van der Waals surface area (Å²) in [5.41, 5.74) is 8.29. The van der Waals surface area contributed by atoms with Gasteiger partial charge in [-0.15, -0.1) is 0 Å². The molecule has 0 fully saturated rings. The molecule has 1 rings (SSSR count). The summed E-state index contributed by atoms with van der Waals surface area (Å²) in [6.45, 7) is 3.65. The van der Waals surface area contributed by atoms with E-state index in [9.17, 15) is 9.90 Å². The van der Waals surface area contributed by atoms with Gasteiger partial charge in [-0.05, 0) is 18.9 Å². The second-order valence-electron chi connectivity index (χ2n) is 3.32. The molecule has 1 N–H and O–H groups in total. The van der Waals surface area contributed by atoms with E-state index in [1.807, 2.05) is 6.92 Å². The molecule has 6 nitrogen and oxygen atoms in total. The highest BCUT2D eigenvalue weighted by Gasteiger charge is 2.14. The van der Waals surface area contributed by atoms with Crippen LogP contribution in [0.2, 0.25) is 0 Å². The Morgan fingerprint density at radius 3 is 2.81 bits per heavy atom. The number of azide groups is 1. The molecule has 6 heteroatoms. The maximum atomic E-state index is 11.5. The average Bonchev–Trinajstić information content (AvgIpc) is 2.28.